The van der Waals surface area contributed by atoms with E-state index in [4.69, 9.17) is 5.11 Å². The molecule has 0 saturated carbocycles. The van der Waals surface area contributed by atoms with Crippen molar-refractivity contribution in [1.82, 2.24) is 0 Å². The standard InChI is InChI=1S/C13H15BrF3NO/c14-11-7-9(8-19)1-2-12(11)18-5-3-10(4-6-18)13(15,16)17/h1-2,7,10,19H,3-6,8H2. The van der Waals surface area contributed by atoms with Gasteiger partial charge in [-0.15, -0.1) is 0 Å². The molecule has 1 aliphatic heterocycles. The predicted octanol–water partition coefficient (Wildman–Crippen LogP) is 3.72. The van der Waals surface area contributed by atoms with Crippen molar-refractivity contribution in [2.24, 2.45) is 5.92 Å². The summed E-state index contributed by atoms with van der Waals surface area (Å²) >= 11 is 3.40. The lowest BCUT2D eigenvalue weighted by atomic mass is 9.96. The monoisotopic (exact) mass is 337 g/mol. The molecule has 0 amide bonds. The van der Waals surface area contributed by atoms with Crippen LogP contribution >= 0.6 is 15.9 Å². The first-order valence-corrected chi connectivity index (χ1v) is 6.92. The Bertz CT molecular complexity index is 442. The number of nitrogens with zero attached hydrogens (tertiary/aromatic N) is 1. The zero-order valence-corrected chi connectivity index (χ0v) is 11.8. The van der Waals surface area contributed by atoms with Gasteiger partial charge < -0.3 is 10.0 Å². The first-order chi connectivity index (χ1) is 8.91. The average molecular weight is 338 g/mol. The molecule has 0 spiro atoms. The lowest BCUT2D eigenvalue weighted by molar-refractivity contribution is -0.179. The van der Waals surface area contributed by atoms with Crippen LogP contribution in [0, 0.1) is 5.92 Å². The van der Waals surface area contributed by atoms with Crippen LogP contribution in [-0.4, -0.2) is 24.4 Å². The van der Waals surface area contributed by atoms with Crippen LogP contribution in [0.25, 0.3) is 0 Å². The van der Waals surface area contributed by atoms with E-state index in [0.717, 1.165) is 15.7 Å². The fourth-order valence-corrected chi connectivity index (χ4v) is 3.03. The van der Waals surface area contributed by atoms with Crippen LogP contribution in [0.15, 0.2) is 22.7 Å². The highest BCUT2D eigenvalue weighted by molar-refractivity contribution is 9.10. The molecule has 1 aromatic rings. The highest BCUT2D eigenvalue weighted by Crippen LogP contribution is 2.37. The number of aliphatic hydroxyl groups is 1. The van der Waals surface area contributed by atoms with Gasteiger partial charge in [-0.1, -0.05) is 6.07 Å². The van der Waals surface area contributed by atoms with Crippen molar-refractivity contribution >= 4 is 21.6 Å². The number of halogens is 4. The molecular formula is C13H15BrF3NO. The molecule has 0 aliphatic carbocycles. The molecule has 2 nitrogen and oxygen atoms in total. The smallest absolute Gasteiger partial charge is 0.391 e. The minimum Gasteiger partial charge on any atom is -0.392 e. The fraction of sp³-hybridized carbons (Fsp3) is 0.538. The molecule has 1 aromatic carbocycles. The van der Waals surface area contributed by atoms with Crippen molar-refractivity contribution in [1.29, 1.82) is 0 Å². The summed E-state index contributed by atoms with van der Waals surface area (Å²) in [4.78, 5) is 1.95. The number of benzene rings is 1. The second kappa shape index (κ2) is 5.71. The van der Waals surface area contributed by atoms with E-state index in [0.29, 0.717) is 13.1 Å². The van der Waals surface area contributed by atoms with Gasteiger partial charge in [0.05, 0.1) is 18.2 Å². The summed E-state index contributed by atoms with van der Waals surface area (Å²) in [5.74, 6) is -1.18. The lowest BCUT2D eigenvalue weighted by Gasteiger charge is -2.35. The topological polar surface area (TPSA) is 23.5 Å². The highest BCUT2D eigenvalue weighted by Gasteiger charge is 2.41. The summed E-state index contributed by atoms with van der Waals surface area (Å²) < 4.78 is 38.6. The summed E-state index contributed by atoms with van der Waals surface area (Å²) in [6, 6.07) is 5.42. The minimum absolute atomic E-state index is 0.0466. The summed E-state index contributed by atoms with van der Waals surface area (Å²) in [7, 11) is 0. The fourth-order valence-electron chi connectivity index (χ4n) is 2.35. The molecule has 106 valence electrons. The van der Waals surface area contributed by atoms with Crippen molar-refractivity contribution in [3.63, 3.8) is 0 Å². The maximum Gasteiger partial charge on any atom is 0.391 e. The first kappa shape index (κ1) is 14.7. The molecule has 6 heteroatoms. The van der Waals surface area contributed by atoms with Gasteiger partial charge in [0, 0.05) is 17.6 Å². The third-order valence-corrected chi connectivity index (χ3v) is 4.13. The second-order valence-electron chi connectivity index (χ2n) is 4.75. The molecule has 1 aliphatic rings. The van der Waals surface area contributed by atoms with Crippen molar-refractivity contribution < 1.29 is 18.3 Å². The Labute approximate surface area is 118 Å². The Hall–Kier alpha value is -0.750. The molecule has 0 atom stereocenters. The maximum atomic E-state index is 12.6. The Morgan fingerprint density at radius 1 is 1.26 bits per heavy atom. The second-order valence-corrected chi connectivity index (χ2v) is 5.60. The number of anilines is 1. The number of hydrogen-bond donors (Lipinski definition) is 1. The van der Waals surface area contributed by atoms with Crippen LogP contribution in [0.4, 0.5) is 18.9 Å². The predicted molar refractivity (Wildman–Crippen MR) is 71.1 cm³/mol. The summed E-state index contributed by atoms with van der Waals surface area (Å²) in [5.41, 5.74) is 1.67. The molecule has 2 rings (SSSR count). The number of piperidine rings is 1. The Balaban J connectivity index is 2.06. The zero-order valence-electron chi connectivity index (χ0n) is 10.3. The quantitative estimate of drug-likeness (QED) is 0.889. The van der Waals surface area contributed by atoms with Gasteiger partial charge in [-0.25, -0.2) is 0 Å². The SMILES string of the molecule is OCc1ccc(N2CCC(C(F)(F)F)CC2)c(Br)c1. The number of aliphatic hydroxyl groups excluding tert-OH is 1. The van der Waals surface area contributed by atoms with E-state index in [9.17, 15) is 13.2 Å². The minimum atomic E-state index is -4.08. The molecule has 0 bridgehead atoms. The Morgan fingerprint density at radius 2 is 1.89 bits per heavy atom. The third kappa shape index (κ3) is 3.42. The van der Waals surface area contributed by atoms with Gasteiger partial charge in [-0.3, -0.25) is 0 Å². The molecule has 1 saturated heterocycles. The molecule has 1 heterocycles. The molecule has 19 heavy (non-hydrogen) atoms. The zero-order chi connectivity index (χ0) is 14.0. The van der Waals surface area contributed by atoms with Gasteiger partial charge in [0.1, 0.15) is 0 Å². The van der Waals surface area contributed by atoms with E-state index >= 15 is 0 Å². The van der Waals surface area contributed by atoms with Crippen LogP contribution in [0.1, 0.15) is 18.4 Å². The summed E-state index contributed by atoms with van der Waals surface area (Å²) in [6.45, 7) is 0.761. The maximum absolute atomic E-state index is 12.6. The molecule has 0 radical (unpaired) electrons. The van der Waals surface area contributed by atoms with Crippen LogP contribution in [0.5, 0.6) is 0 Å². The van der Waals surface area contributed by atoms with Crippen LogP contribution in [0.2, 0.25) is 0 Å². The van der Waals surface area contributed by atoms with E-state index < -0.39 is 12.1 Å². The van der Waals surface area contributed by atoms with Gasteiger partial charge in [-0.05, 0) is 46.5 Å². The van der Waals surface area contributed by atoms with Crippen molar-refractivity contribution in [3.8, 4) is 0 Å². The molecule has 1 fully saturated rings. The molecule has 1 N–H and O–H groups in total. The van der Waals surface area contributed by atoms with E-state index in [1.54, 1.807) is 12.1 Å². The molecule has 0 unspecified atom stereocenters. The van der Waals surface area contributed by atoms with Gasteiger partial charge >= 0.3 is 6.18 Å². The Kier molecular flexibility index (Phi) is 4.40. The molecule has 0 aromatic heterocycles. The van der Waals surface area contributed by atoms with Crippen molar-refractivity contribution in [2.45, 2.75) is 25.6 Å². The summed E-state index contributed by atoms with van der Waals surface area (Å²) in [5, 5.41) is 9.03. The average Bonchev–Trinajstić information content (AvgIpc) is 2.37. The van der Waals surface area contributed by atoms with E-state index in [1.807, 2.05) is 11.0 Å². The van der Waals surface area contributed by atoms with E-state index in [1.165, 1.54) is 0 Å². The summed E-state index contributed by atoms with van der Waals surface area (Å²) in [6.07, 6.45) is -3.81. The van der Waals surface area contributed by atoms with E-state index in [-0.39, 0.29) is 19.4 Å². The van der Waals surface area contributed by atoms with Crippen LogP contribution in [-0.2, 0) is 6.61 Å². The van der Waals surface area contributed by atoms with E-state index in [2.05, 4.69) is 15.9 Å². The van der Waals surface area contributed by atoms with Gasteiger partial charge in [0.15, 0.2) is 0 Å². The van der Waals surface area contributed by atoms with Crippen molar-refractivity contribution in [3.05, 3.63) is 28.2 Å². The van der Waals surface area contributed by atoms with Crippen LogP contribution in [0.3, 0.4) is 0 Å². The van der Waals surface area contributed by atoms with Gasteiger partial charge in [0.2, 0.25) is 0 Å². The molecular weight excluding hydrogens is 323 g/mol. The number of hydrogen-bond acceptors (Lipinski definition) is 2. The highest BCUT2D eigenvalue weighted by atomic mass is 79.9. The van der Waals surface area contributed by atoms with Crippen molar-refractivity contribution in [2.75, 3.05) is 18.0 Å². The van der Waals surface area contributed by atoms with Gasteiger partial charge in [0.25, 0.3) is 0 Å². The van der Waals surface area contributed by atoms with Gasteiger partial charge in [-0.2, -0.15) is 13.2 Å². The van der Waals surface area contributed by atoms with Crippen LogP contribution < -0.4 is 4.90 Å². The normalized spacial score (nSPS) is 17.8. The number of alkyl halides is 3. The third-order valence-electron chi connectivity index (χ3n) is 3.49. The largest absolute Gasteiger partial charge is 0.392 e. The first-order valence-electron chi connectivity index (χ1n) is 6.12. The Morgan fingerprint density at radius 3 is 2.37 bits per heavy atom. The number of rotatable bonds is 2. The lowest BCUT2D eigenvalue weighted by Crippen LogP contribution is -2.39.